The summed E-state index contributed by atoms with van der Waals surface area (Å²) in [6.07, 6.45) is 2.73. The summed E-state index contributed by atoms with van der Waals surface area (Å²) >= 11 is 0. The molecule has 4 heteroatoms. The molecule has 1 aliphatic heterocycles. The molecule has 1 aliphatic rings. The Morgan fingerprint density at radius 3 is 3.00 bits per heavy atom. The highest BCUT2D eigenvalue weighted by atomic mass is 16.6. The minimum Gasteiger partial charge on any atom is -0.449 e. The van der Waals surface area contributed by atoms with E-state index in [1.54, 1.807) is 4.90 Å². The van der Waals surface area contributed by atoms with Gasteiger partial charge in [-0.25, -0.2) is 4.79 Å². The lowest BCUT2D eigenvalue weighted by molar-refractivity contribution is 0.0546. The number of rotatable bonds is 4. The molecule has 1 amide bonds. The number of carbonyl (C=O) groups excluding carboxylic acids is 1. The third kappa shape index (κ3) is 2.59. The number of hydrogen-bond acceptors (Lipinski definition) is 3. The maximum absolute atomic E-state index is 11.3. The van der Waals surface area contributed by atoms with E-state index in [1.807, 2.05) is 0 Å². The number of carbonyl (C=O) groups is 1. The molecule has 1 heterocycles. The Morgan fingerprint density at radius 1 is 1.69 bits per heavy atom. The second-order valence-electron chi connectivity index (χ2n) is 3.34. The summed E-state index contributed by atoms with van der Waals surface area (Å²) in [6, 6.07) is 0.165. The quantitative estimate of drug-likeness (QED) is 0.711. The Balaban J connectivity index is 2.49. The highest BCUT2D eigenvalue weighted by Gasteiger charge is 2.25. The Bertz CT molecular complexity index is 173. The van der Waals surface area contributed by atoms with Gasteiger partial charge in [0.25, 0.3) is 0 Å². The Kier molecular flexibility index (Phi) is 4.02. The van der Waals surface area contributed by atoms with Crippen molar-refractivity contribution in [2.75, 3.05) is 19.7 Å². The minimum atomic E-state index is -0.199. The van der Waals surface area contributed by atoms with Crippen molar-refractivity contribution < 1.29 is 9.53 Å². The van der Waals surface area contributed by atoms with Crippen molar-refractivity contribution in [3.8, 4) is 0 Å². The number of nitrogens with zero attached hydrogens (tertiary/aromatic N) is 1. The summed E-state index contributed by atoms with van der Waals surface area (Å²) in [5.41, 5.74) is 5.60. The highest BCUT2D eigenvalue weighted by molar-refractivity contribution is 5.68. The zero-order valence-electron chi connectivity index (χ0n) is 8.16. The minimum absolute atomic E-state index is 0.165. The van der Waals surface area contributed by atoms with Gasteiger partial charge in [0.1, 0.15) is 0 Å². The molecule has 0 radical (unpaired) electrons. The van der Waals surface area contributed by atoms with Crippen LogP contribution in [0, 0.1) is 0 Å². The summed E-state index contributed by atoms with van der Waals surface area (Å²) in [4.78, 5) is 13.1. The van der Waals surface area contributed by atoms with Crippen LogP contribution in [-0.4, -0.2) is 36.7 Å². The van der Waals surface area contributed by atoms with Crippen molar-refractivity contribution in [1.82, 2.24) is 4.90 Å². The number of amides is 1. The number of nitrogens with two attached hydrogens (primary N) is 1. The van der Waals surface area contributed by atoms with Crippen LogP contribution in [0.2, 0.25) is 0 Å². The van der Waals surface area contributed by atoms with E-state index in [9.17, 15) is 4.79 Å². The summed E-state index contributed by atoms with van der Waals surface area (Å²) in [7, 11) is 0. The predicted octanol–water partition coefficient (Wildman–Crippen LogP) is 0.956. The van der Waals surface area contributed by atoms with Gasteiger partial charge in [0, 0.05) is 19.1 Å². The fourth-order valence-corrected chi connectivity index (χ4v) is 1.63. The average molecular weight is 186 g/mol. The van der Waals surface area contributed by atoms with Gasteiger partial charge in [-0.1, -0.05) is 13.3 Å². The molecule has 76 valence electrons. The van der Waals surface area contributed by atoms with E-state index in [1.165, 1.54) is 0 Å². The first kappa shape index (κ1) is 10.3. The third-order valence-corrected chi connectivity index (χ3v) is 2.34. The monoisotopic (exact) mass is 186 g/mol. The van der Waals surface area contributed by atoms with Gasteiger partial charge in [-0.05, 0) is 12.8 Å². The van der Waals surface area contributed by atoms with Crippen LogP contribution in [0.4, 0.5) is 4.79 Å². The SMILES string of the molecule is CCCC(CN)N1CCCOC1=O. The molecule has 1 fully saturated rings. The van der Waals surface area contributed by atoms with E-state index in [4.69, 9.17) is 10.5 Å². The van der Waals surface area contributed by atoms with Gasteiger partial charge in [-0.3, -0.25) is 0 Å². The van der Waals surface area contributed by atoms with Crippen LogP contribution in [0.1, 0.15) is 26.2 Å². The standard InChI is InChI=1S/C9H18N2O2/c1-2-4-8(7-10)11-5-3-6-13-9(11)12/h8H,2-7,10H2,1H3. The summed E-state index contributed by atoms with van der Waals surface area (Å²) in [5.74, 6) is 0. The van der Waals surface area contributed by atoms with Crippen LogP contribution in [0.3, 0.4) is 0 Å². The van der Waals surface area contributed by atoms with E-state index in [0.717, 1.165) is 25.8 Å². The van der Waals surface area contributed by atoms with Crippen molar-refractivity contribution in [2.45, 2.75) is 32.2 Å². The molecule has 2 N–H and O–H groups in total. The van der Waals surface area contributed by atoms with Crippen molar-refractivity contribution in [3.63, 3.8) is 0 Å². The maximum Gasteiger partial charge on any atom is 0.410 e. The Labute approximate surface area is 79.0 Å². The lowest BCUT2D eigenvalue weighted by Gasteiger charge is -2.33. The van der Waals surface area contributed by atoms with Crippen molar-refractivity contribution in [1.29, 1.82) is 0 Å². The summed E-state index contributed by atoms with van der Waals surface area (Å²) in [6.45, 7) is 3.97. The van der Waals surface area contributed by atoms with Crippen LogP contribution in [0.25, 0.3) is 0 Å². The van der Waals surface area contributed by atoms with Crippen LogP contribution < -0.4 is 5.73 Å². The molecule has 1 saturated heterocycles. The maximum atomic E-state index is 11.3. The second kappa shape index (κ2) is 5.07. The average Bonchev–Trinajstić information content (AvgIpc) is 2.16. The zero-order valence-corrected chi connectivity index (χ0v) is 8.16. The smallest absolute Gasteiger partial charge is 0.410 e. The van der Waals surface area contributed by atoms with Gasteiger partial charge in [-0.2, -0.15) is 0 Å². The molecule has 1 rings (SSSR count). The van der Waals surface area contributed by atoms with Gasteiger partial charge >= 0.3 is 6.09 Å². The molecule has 0 spiro atoms. The van der Waals surface area contributed by atoms with Crippen molar-refractivity contribution >= 4 is 6.09 Å². The van der Waals surface area contributed by atoms with Crippen molar-refractivity contribution in [2.24, 2.45) is 5.73 Å². The molecule has 4 nitrogen and oxygen atoms in total. The molecule has 1 unspecified atom stereocenters. The first-order valence-electron chi connectivity index (χ1n) is 4.93. The van der Waals surface area contributed by atoms with Gasteiger partial charge in [0.2, 0.25) is 0 Å². The van der Waals surface area contributed by atoms with E-state index in [2.05, 4.69) is 6.92 Å². The highest BCUT2D eigenvalue weighted by Crippen LogP contribution is 2.12. The van der Waals surface area contributed by atoms with Crippen molar-refractivity contribution in [3.05, 3.63) is 0 Å². The summed E-state index contributed by atoms with van der Waals surface area (Å²) < 4.78 is 4.95. The number of cyclic esters (lactones) is 1. The van der Waals surface area contributed by atoms with Crippen LogP contribution in [0.5, 0.6) is 0 Å². The normalized spacial score (nSPS) is 19.8. The van der Waals surface area contributed by atoms with E-state index in [0.29, 0.717) is 13.2 Å². The van der Waals surface area contributed by atoms with Crippen LogP contribution in [-0.2, 0) is 4.74 Å². The third-order valence-electron chi connectivity index (χ3n) is 2.34. The Morgan fingerprint density at radius 2 is 2.46 bits per heavy atom. The zero-order chi connectivity index (χ0) is 9.68. The van der Waals surface area contributed by atoms with Crippen LogP contribution >= 0.6 is 0 Å². The molecule has 0 aromatic rings. The topological polar surface area (TPSA) is 55.6 Å². The number of ether oxygens (including phenoxy) is 1. The lowest BCUT2D eigenvalue weighted by atomic mass is 10.1. The molecule has 13 heavy (non-hydrogen) atoms. The van der Waals surface area contributed by atoms with E-state index >= 15 is 0 Å². The summed E-state index contributed by atoms with van der Waals surface area (Å²) in [5, 5.41) is 0. The van der Waals surface area contributed by atoms with E-state index < -0.39 is 0 Å². The first-order valence-corrected chi connectivity index (χ1v) is 4.93. The number of hydrogen-bond donors (Lipinski definition) is 1. The second-order valence-corrected chi connectivity index (χ2v) is 3.34. The molecule has 0 bridgehead atoms. The van der Waals surface area contributed by atoms with Gasteiger partial charge in [0.05, 0.1) is 6.61 Å². The predicted molar refractivity (Wildman–Crippen MR) is 50.4 cm³/mol. The Hall–Kier alpha value is -0.770. The molecule has 1 atom stereocenters. The van der Waals surface area contributed by atoms with Crippen LogP contribution in [0.15, 0.2) is 0 Å². The fourth-order valence-electron chi connectivity index (χ4n) is 1.63. The molecule has 0 aliphatic carbocycles. The molecule has 0 aromatic carbocycles. The van der Waals surface area contributed by atoms with Gasteiger partial charge in [0.15, 0.2) is 0 Å². The lowest BCUT2D eigenvalue weighted by Crippen LogP contribution is -2.48. The van der Waals surface area contributed by atoms with E-state index in [-0.39, 0.29) is 12.1 Å². The largest absolute Gasteiger partial charge is 0.449 e. The fraction of sp³-hybridized carbons (Fsp3) is 0.889. The first-order chi connectivity index (χ1) is 6.29. The molecule has 0 saturated carbocycles. The van der Waals surface area contributed by atoms with Gasteiger partial charge < -0.3 is 15.4 Å². The molecule has 0 aromatic heterocycles. The van der Waals surface area contributed by atoms with Gasteiger partial charge in [-0.15, -0.1) is 0 Å². The molecular weight excluding hydrogens is 168 g/mol. The molecular formula is C9H18N2O2.